The first-order chi connectivity index (χ1) is 9.87. The Morgan fingerprint density at radius 1 is 1.19 bits per heavy atom. The van der Waals surface area contributed by atoms with Crippen molar-refractivity contribution in [3.63, 3.8) is 0 Å². The lowest BCUT2D eigenvalue weighted by molar-refractivity contribution is 0.577. The number of nitrogens with zero attached hydrogens (tertiary/aromatic N) is 2. The molecule has 0 aliphatic heterocycles. The minimum Gasteiger partial charge on any atom is -0.199 e. The number of unbranched alkanes of at least 4 members (excludes halogenated alkanes) is 1. The number of halogens is 1. The summed E-state index contributed by atoms with van der Waals surface area (Å²) in [5, 5.41) is 4.11. The van der Waals surface area contributed by atoms with Crippen LogP contribution in [0.1, 0.15) is 36.7 Å². The molecule has 6 heteroatoms. The van der Waals surface area contributed by atoms with Crippen LogP contribution in [-0.2, 0) is 16.4 Å². The maximum atomic E-state index is 12.6. The minimum atomic E-state index is -3.63. The largest absolute Gasteiger partial charge is 0.283 e. The van der Waals surface area contributed by atoms with E-state index >= 15 is 0 Å². The average molecular weight is 371 g/mol. The lowest BCUT2D eigenvalue weighted by Gasteiger charge is -2.07. The Kier molecular flexibility index (Phi) is 4.88. The Bertz CT molecular complexity index is 734. The van der Waals surface area contributed by atoms with Crippen LogP contribution in [0.5, 0.6) is 0 Å². The lowest BCUT2D eigenvalue weighted by atomic mass is 10.1. The zero-order valence-corrected chi connectivity index (χ0v) is 14.8. The van der Waals surface area contributed by atoms with E-state index in [1.807, 2.05) is 12.1 Å². The molecule has 1 aromatic heterocycles. The maximum absolute atomic E-state index is 12.6. The van der Waals surface area contributed by atoms with Crippen molar-refractivity contribution < 1.29 is 8.42 Å². The lowest BCUT2D eigenvalue weighted by Crippen LogP contribution is -2.16. The van der Waals surface area contributed by atoms with Crippen LogP contribution in [-0.4, -0.2) is 17.6 Å². The summed E-state index contributed by atoms with van der Waals surface area (Å²) in [5.41, 5.74) is 2.41. The van der Waals surface area contributed by atoms with Crippen molar-refractivity contribution in [2.24, 2.45) is 0 Å². The second-order valence-corrected chi connectivity index (χ2v) is 7.64. The molecule has 0 saturated carbocycles. The second-order valence-electron chi connectivity index (χ2n) is 5.08. The molecular formula is C15H19BrN2O2S. The van der Waals surface area contributed by atoms with Crippen molar-refractivity contribution in [1.82, 2.24) is 9.19 Å². The molecule has 0 unspecified atom stereocenters. The average Bonchev–Trinajstić information content (AvgIpc) is 2.74. The zero-order valence-electron chi connectivity index (χ0n) is 12.4. The summed E-state index contributed by atoms with van der Waals surface area (Å²) >= 11 is 3.36. The Labute approximate surface area is 134 Å². The molecule has 1 heterocycles. The van der Waals surface area contributed by atoms with Gasteiger partial charge in [-0.25, -0.2) is 0 Å². The molecule has 0 N–H and O–H groups in total. The monoisotopic (exact) mass is 370 g/mol. The molecule has 114 valence electrons. The van der Waals surface area contributed by atoms with Gasteiger partial charge >= 0.3 is 0 Å². The Morgan fingerprint density at radius 2 is 1.81 bits per heavy atom. The van der Waals surface area contributed by atoms with Gasteiger partial charge in [-0.05, 0) is 60.3 Å². The molecule has 21 heavy (non-hydrogen) atoms. The minimum absolute atomic E-state index is 0.265. The van der Waals surface area contributed by atoms with Gasteiger partial charge in [-0.15, -0.1) is 0 Å². The van der Waals surface area contributed by atoms with Crippen LogP contribution in [0.15, 0.2) is 33.6 Å². The van der Waals surface area contributed by atoms with Crippen molar-refractivity contribution in [2.45, 2.75) is 44.9 Å². The van der Waals surface area contributed by atoms with Crippen molar-refractivity contribution in [3.05, 3.63) is 45.7 Å². The fraction of sp³-hybridized carbons (Fsp3) is 0.400. The Balaban J connectivity index is 2.37. The van der Waals surface area contributed by atoms with Crippen LogP contribution in [0, 0.1) is 13.8 Å². The highest BCUT2D eigenvalue weighted by molar-refractivity contribution is 9.10. The number of hydrogen-bond acceptors (Lipinski definition) is 3. The highest BCUT2D eigenvalue weighted by Crippen LogP contribution is 2.24. The van der Waals surface area contributed by atoms with E-state index < -0.39 is 10.0 Å². The zero-order chi connectivity index (χ0) is 15.6. The van der Waals surface area contributed by atoms with Gasteiger partial charge in [0.15, 0.2) is 0 Å². The second kappa shape index (κ2) is 6.32. The third-order valence-electron chi connectivity index (χ3n) is 3.43. The van der Waals surface area contributed by atoms with Crippen LogP contribution < -0.4 is 0 Å². The van der Waals surface area contributed by atoms with E-state index in [2.05, 4.69) is 28.0 Å². The molecule has 0 aliphatic carbocycles. The van der Waals surface area contributed by atoms with Gasteiger partial charge in [-0.2, -0.15) is 17.6 Å². The van der Waals surface area contributed by atoms with E-state index in [-0.39, 0.29) is 4.90 Å². The third kappa shape index (κ3) is 3.21. The summed E-state index contributed by atoms with van der Waals surface area (Å²) in [6.45, 7) is 5.65. The number of hydrogen-bond donors (Lipinski definition) is 0. The molecule has 0 aliphatic rings. The molecule has 2 aromatic rings. The highest BCUT2D eigenvalue weighted by Gasteiger charge is 2.22. The van der Waals surface area contributed by atoms with Gasteiger partial charge in [-0.1, -0.05) is 25.5 Å². The first-order valence-electron chi connectivity index (χ1n) is 6.94. The molecule has 0 atom stereocenters. The van der Waals surface area contributed by atoms with Crippen LogP contribution in [0.3, 0.4) is 0 Å². The van der Waals surface area contributed by atoms with Gasteiger partial charge in [0.2, 0.25) is 0 Å². The standard InChI is InChI=1S/C15H19BrN2O2S/c1-4-5-6-13-7-9-14(10-8-13)21(19,20)18-12(3)15(16)11(2)17-18/h7-10H,4-6H2,1-3H3. The Morgan fingerprint density at radius 3 is 2.29 bits per heavy atom. The first-order valence-corrected chi connectivity index (χ1v) is 9.17. The number of benzene rings is 1. The van der Waals surface area contributed by atoms with Crippen molar-refractivity contribution in [1.29, 1.82) is 0 Å². The number of aromatic nitrogens is 2. The van der Waals surface area contributed by atoms with E-state index in [4.69, 9.17) is 0 Å². The maximum Gasteiger partial charge on any atom is 0.283 e. The van der Waals surface area contributed by atoms with Gasteiger partial charge in [0.25, 0.3) is 10.0 Å². The normalized spacial score (nSPS) is 11.8. The summed E-state index contributed by atoms with van der Waals surface area (Å²) in [4.78, 5) is 0.265. The van der Waals surface area contributed by atoms with Crippen LogP contribution >= 0.6 is 15.9 Å². The van der Waals surface area contributed by atoms with E-state index in [0.717, 1.165) is 33.4 Å². The van der Waals surface area contributed by atoms with Crippen LogP contribution in [0.4, 0.5) is 0 Å². The highest BCUT2D eigenvalue weighted by atomic mass is 79.9. The van der Waals surface area contributed by atoms with Crippen LogP contribution in [0.2, 0.25) is 0 Å². The summed E-state index contributed by atoms with van der Waals surface area (Å²) < 4.78 is 27.1. The Hall–Kier alpha value is -1.14. The molecule has 4 nitrogen and oxygen atoms in total. The van der Waals surface area contributed by atoms with Gasteiger partial charge in [-0.3, -0.25) is 0 Å². The molecule has 1 aromatic carbocycles. The van der Waals surface area contributed by atoms with E-state index in [1.54, 1.807) is 26.0 Å². The van der Waals surface area contributed by atoms with E-state index in [0.29, 0.717) is 11.4 Å². The van der Waals surface area contributed by atoms with Gasteiger partial charge in [0, 0.05) is 0 Å². The predicted molar refractivity (Wildman–Crippen MR) is 87.0 cm³/mol. The molecule has 0 fully saturated rings. The summed E-state index contributed by atoms with van der Waals surface area (Å²) in [6, 6.07) is 7.07. The quantitative estimate of drug-likeness (QED) is 0.803. The molecule has 2 rings (SSSR count). The summed E-state index contributed by atoms with van der Waals surface area (Å²) in [7, 11) is -3.63. The van der Waals surface area contributed by atoms with Crippen molar-refractivity contribution in [3.8, 4) is 0 Å². The fourth-order valence-corrected chi connectivity index (χ4v) is 3.87. The van der Waals surface area contributed by atoms with Gasteiger partial charge in [0.05, 0.1) is 20.8 Å². The molecular weight excluding hydrogens is 352 g/mol. The fourth-order valence-electron chi connectivity index (χ4n) is 2.14. The first kappa shape index (κ1) is 16.2. The molecule has 0 amide bonds. The van der Waals surface area contributed by atoms with Gasteiger partial charge < -0.3 is 0 Å². The smallest absolute Gasteiger partial charge is 0.199 e. The SMILES string of the molecule is CCCCc1ccc(S(=O)(=O)n2nc(C)c(Br)c2C)cc1. The summed E-state index contributed by atoms with van der Waals surface area (Å²) in [6.07, 6.45) is 3.21. The topological polar surface area (TPSA) is 52.0 Å². The third-order valence-corrected chi connectivity index (χ3v) is 6.26. The molecule has 0 spiro atoms. The van der Waals surface area contributed by atoms with Crippen molar-refractivity contribution in [2.75, 3.05) is 0 Å². The van der Waals surface area contributed by atoms with Crippen LogP contribution in [0.25, 0.3) is 0 Å². The van der Waals surface area contributed by atoms with E-state index in [1.165, 1.54) is 0 Å². The number of aryl methyl sites for hydroxylation is 2. The summed E-state index contributed by atoms with van der Waals surface area (Å²) in [5.74, 6) is 0. The number of rotatable bonds is 5. The molecule has 0 radical (unpaired) electrons. The van der Waals surface area contributed by atoms with Gasteiger partial charge in [0.1, 0.15) is 0 Å². The molecule has 0 saturated heterocycles. The molecule has 0 bridgehead atoms. The van der Waals surface area contributed by atoms with Crippen molar-refractivity contribution >= 4 is 26.0 Å². The van der Waals surface area contributed by atoms with E-state index in [9.17, 15) is 8.42 Å². The predicted octanol–water partition coefficient (Wildman–Crippen LogP) is 3.84.